The van der Waals surface area contributed by atoms with Crippen molar-refractivity contribution in [2.24, 2.45) is 11.8 Å². The van der Waals surface area contributed by atoms with Crippen LogP contribution in [-0.2, 0) is 4.79 Å². The second-order valence-corrected chi connectivity index (χ2v) is 6.06. The summed E-state index contributed by atoms with van der Waals surface area (Å²) < 4.78 is 44.2. The Morgan fingerprint density at radius 3 is 2.36 bits per heavy atom. The number of carbonyl (C=O) groups is 2. The zero-order valence-electron chi connectivity index (χ0n) is 14.0. The Morgan fingerprint density at radius 1 is 1.24 bits per heavy atom. The number of carboxylic acid groups (broad SMARTS) is 1. The molecule has 0 radical (unpaired) electrons. The summed E-state index contributed by atoms with van der Waals surface area (Å²) in [7, 11) is 1.47. The molecule has 1 aliphatic rings. The van der Waals surface area contributed by atoms with Gasteiger partial charge in [-0.15, -0.1) is 0 Å². The summed E-state index contributed by atoms with van der Waals surface area (Å²) >= 11 is 0. The molecule has 0 spiro atoms. The highest BCUT2D eigenvalue weighted by molar-refractivity contribution is 5.91. The van der Waals surface area contributed by atoms with E-state index in [-0.39, 0.29) is 0 Å². The van der Waals surface area contributed by atoms with E-state index in [1.807, 2.05) is 6.92 Å². The van der Waals surface area contributed by atoms with Gasteiger partial charge in [-0.05, 0) is 25.0 Å². The third-order valence-electron chi connectivity index (χ3n) is 4.33. The molecule has 25 heavy (non-hydrogen) atoms. The summed E-state index contributed by atoms with van der Waals surface area (Å²) in [5.41, 5.74) is 1.96. The number of methoxy groups -OCH3 is 1. The lowest BCUT2D eigenvalue weighted by molar-refractivity contribution is -0.187. The van der Waals surface area contributed by atoms with Crippen LogP contribution in [0, 0.1) is 25.7 Å². The number of likely N-dealkylation sites (tertiary alicyclic amines) is 1. The Bertz CT molecular complexity index is 691. The number of halogens is 3. The standard InChI is InChI=1S/C16H19F3N2O4/c1-8-4-9(2)13(25-3)5-12(8)20-15(24)21-6-10(14(22)23)11(7-21)16(17,18)19/h4-5,10-11H,6-7H2,1-3H3,(H,20,24)(H,22,23)/t10-,11-/m1/s1. The van der Waals surface area contributed by atoms with Crippen LogP contribution in [-0.4, -0.2) is 48.4 Å². The number of nitrogens with zero attached hydrogens (tertiary/aromatic N) is 1. The van der Waals surface area contributed by atoms with Crippen molar-refractivity contribution in [2.75, 3.05) is 25.5 Å². The van der Waals surface area contributed by atoms with Crippen LogP contribution in [0.4, 0.5) is 23.7 Å². The molecule has 6 nitrogen and oxygen atoms in total. The first-order chi connectivity index (χ1) is 11.5. The number of hydrogen-bond donors (Lipinski definition) is 2. The number of alkyl halides is 3. The average Bonchev–Trinajstić information content (AvgIpc) is 2.95. The van der Waals surface area contributed by atoms with E-state index in [2.05, 4.69) is 5.32 Å². The van der Waals surface area contributed by atoms with E-state index in [1.54, 1.807) is 19.1 Å². The molecule has 1 aromatic carbocycles. The van der Waals surface area contributed by atoms with E-state index < -0.39 is 43.1 Å². The molecule has 0 bridgehead atoms. The smallest absolute Gasteiger partial charge is 0.394 e. The van der Waals surface area contributed by atoms with Gasteiger partial charge < -0.3 is 20.1 Å². The van der Waals surface area contributed by atoms with Gasteiger partial charge in [0.1, 0.15) is 5.75 Å². The second kappa shape index (κ2) is 6.81. The molecule has 0 saturated carbocycles. The average molecular weight is 360 g/mol. The van der Waals surface area contributed by atoms with Gasteiger partial charge in [-0.3, -0.25) is 4.79 Å². The van der Waals surface area contributed by atoms with Crippen molar-refractivity contribution in [3.05, 3.63) is 23.3 Å². The molecule has 1 heterocycles. The van der Waals surface area contributed by atoms with Gasteiger partial charge in [0.05, 0.1) is 18.9 Å². The molecule has 0 aromatic heterocycles. The minimum Gasteiger partial charge on any atom is -0.496 e. The molecule has 0 aliphatic carbocycles. The van der Waals surface area contributed by atoms with Crippen LogP contribution in [0.1, 0.15) is 11.1 Å². The Balaban J connectivity index is 2.18. The molecule has 0 unspecified atom stereocenters. The summed E-state index contributed by atoms with van der Waals surface area (Å²) in [6.07, 6.45) is -4.68. The number of ether oxygens (including phenoxy) is 1. The highest BCUT2D eigenvalue weighted by Crippen LogP contribution is 2.38. The monoisotopic (exact) mass is 360 g/mol. The molecule has 9 heteroatoms. The van der Waals surface area contributed by atoms with Gasteiger partial charge in [0.2, 0.25) is 0 Å². The van der Waals surface area contributed by atoms with Crippen molar-refractivity contribution in [2.45, 2.75) is 20.0 Å². The molecule has 1 aliphatic heterocycles. The number of anilines is 1. The predicted molar refractivity (Wildman–Crippen MR) is 83.7 cm³/mol. The number of nitrogens with one attached hydrogen (secondary N) is 1. The fourth-order valence-electron chi connectivity index (χ4n) is 2.93. The Labute approximate surface area is 142 Å². The number of benzene rings is 1. The lowest BCUT2D eigenvalue weighted by Gasteiger charge is -2.20. The molecule has 2 N–H and O–H groups in total. The van der Waals surface area contributed by atoms with Gasteiger partial charge in [-0.1, -0.05) is 6.07 Å². The van der Waals surface area contributed by atoms with Crippen LogP contribution in [0.15, 0.2) is 12.1 Å². The number of carbonyl (C=O) groups excluding carboxylic acids is 1. The molecular formula is C16H19F3N2O4. The van der Waals surface area contributed by atoms with Gasteiger partial charge in [0, 0.05) is 24.8 Å². The lowest BCUT2D eigenvalue weighted by Crippen LogP contribution is -2.35. The topological polar surface area (TPSA) is 78.9 Å². The minimum atomic E-state index is -4.68. The Morgan fingerprint density at radius 2 is 1.88 bits per heavy atom. The van der Waals surface area contributed by atoms with Crippen molar-refractivity contribution in [1.82, 2.24) is 4.90 Å². The molecule has 2 atom stereocenters. The van der Waals surface area contributed by atoms with Gasteiger partial charge in [-0.25, -0.2) is 4.79 Å². The van der Waals surface area contributed by atoms with Crippen LogP contribution in [0.2, 0.25) is 0 Å². The van der Waals surface area contributed by atoms with Crippen LogP contribution >= 0.6 is 0 Å². The van der Waals surface area contributed by atoms with Crippen LogP contribution in [0.25, 0.3) is 0 Å². The van der Waals surface area contributed by atoms with Crippen molar-refractivity contribution in [1.29, 1.82) is 0 Å². The summed E-state index contributed by atoms with van der Waals surface area (Å²) in [6.45, 7) is 2.38. The third-order valence-corrected chi connectivity index (χ3v) is 4.33. The highest BCUT2D eigenvalue weighted by Gasteiger charge is 2.53. The molecule has 1 aromatic rings. The predicted octanol–water partition coefficient (Wildman–Crippen LogP) is 3.04. The SMILES string of the molecule is COc1cc(NC(=O)N2C[C@@H](C(F)(F)F)[C@H](C(=O)O)C2)c(C)cc1C. The number of hydrogen-bond acceptors (Lipinski definition) is 3. The molecule has 1 fully saturated rings. The number of carboxylic acids is 1. The van der Waals surface area contributed by atoms with Crippen LogP contribution in [0.3, 0.4) is 0 Å². The van der Waals surface area contributed by atoms with E-state index in [1.165, 1.54) is 7.11 Å². The van der Waals surface area contributed by atoms with Crippen molar-refractivity contribution in [3.63, 3.8) is 0 Å². The largest absolute Gasteiger partial charge is 0.496 e. The third kappa shape index (κ3) is 3.97. The van der Waals surface area contributed by atoms with Crippen molar-refractivity contribution >= 4 is 17.7 Å². The zero-order chi connectivity index (χ0) is 18.9. The quantitative estimate of drug-likeness (QED) is 0.868. The maximum atomic E-state index is 13.0. The van der Waals surface area contributed by atoms with Crippen molar-refractivity contribution in [3.8, 4) is 5.75 Å². The normalized spacial score (nSPS) is 20.5. The lowest BCUT2D eigenvalue weighted by atomic mass is 9.96. The fourth-order valence-corrected chi connectivity index (χ4v) is 2.93. The molecule has 1 saturated heterocycles. The minimum absolute atomic E-state index is 0.398. The van der Waals surface area contributed by atoms with Crippen molar-refractivity contribution < 1.29 is 32.6 Å². The summed E-state index contributed by atoms with van der Waals surface area (Å²) in [6, 6.07) is 2.58. The fraction of sp³-hybridized carbons (Fsp3) is 0.500. The number of aliphatic carboxylic acids is 1. The van der Waals surface area contributed by atoms with E-state index in [0.29, 0.717) is 17.0 Å². The van der Waals surface area contributed by atoms with Crippen LogP contribution in [0.5, 0.6) is 5.75 Å². The molecular weight excluding hydrogens is 341 g/mol. The van der Waals surface area contributed by atoms with Gasteiger partial charge in [0.25, 0.3) is 0 Å². The first kappa shape index (κ1) is 18.9. The van der Waals surface area contributed by atoms with E-state index in [4.69, 9.17) is 9.84 Å². The highest BCUT2D eigenvalue weighted by atomic mass is 19.4. The van der Waals surface area contributed by atoms with Gasteiger partial charge in [0.15, 0.2) is 0 Å². The van der Waals surface area contributed by atoms with E-state index in [0.717, 1.165) is 10.5 Å². The maximum absolute atomic E-state index is 13.0. The van der Waals surface area contributed by atoms with E-state index in [9.17, 15) is 22.8 Å². The molecule has 2 rings (SSSR count). The number of amides is 2. The van der Waals surface area contributed by atoms with E-state index >= 15 is 0 Å². The Kier molecular flexibility index (Phi) is 5.15. The maximum Gasteiger partial charge on any atom is 0.394 e. The van der Waals surface area contributed by atoms with Crippen LogP contribution < -0.4 is 10.1 Å². The summed E-state index contributed by atoms with van der Waals surface area (Å²) in [5, 5.41) is 11.5. The summed E-state index contributed by atoms with van der Waals surface area (Å²) in [5.74, 6) is -4.78. The first-order valence-electron chi connectivity index (χ1n) is 7.55. The molecule has 2 amide bonds. The number of urea groups is 1. The first-order valence-corrected chi connectivity index (χ1v) is 7.55. The zero-order valence-corrected chi connectivity index (χ0v) is 14.0. The van der Waals surface area contributed by atoms with Gasteiger partial charge >= 0.3 is 18.2 Å². The molecule has 138 valence electrons. The number of rotatable bonds is 3. The number of aryl methyl sites for hydroxylation is 2. The summed E-state index contributed by atoms with van der Waals surface area (Å²) in [4.78, 5) is 24.3. The second-order valence-electron chi connectivity index (χ2n) is 6.06. The Hall–Kier alpha value is -2.45. The van der Waals surface area contributed by atoms with Gasteiger partial charge in [-0.2, -0.15) is 13.2 Å².